The molecule has 1 aromatic heterocycles. The zero-order chi connectivity index (χ0) is 16.2. The van der Waals surface area contributed by atoms with Crippen LogP contribution in [0.15, 0.2) is 35.5 Å². The van der Waals surface area contributed by atoms with Crippen LogP contribution in [-0.4, -0.2) is 32.0 Å². The van der Waals surface area contributed by atoms with E-state index in [4.69, 9.17) is 0 Å². The highest BCUT2D eigenvalue weighted by Gasteiger charge is 2.19. The van der Waals surface area contributed by atoms with Gasteiger partial charge in [-0.2, -0.15) is 0 Å². The molecule has 2 rings (SSSR count). The Balaban J connectivity index is 2.00. The van der Waals surface area contributed by atoms with Crippen molar-refractivity contribution in [3.8, 4) is 11.4 Å². The summed E-state index contributed by atoms with van der Waals surface area (Å²) >= 11 is 1.40. The maximum Gasteiger partial charge on any atom is 0.230 e. The van der Waals surface area contributed by atoms with Crippen molar-refractivity contribution < 1.29 is 4.79 Å². The van der Waals surface area contributed by atoms with Crippen LogP contribution < -0.4 is 5.32 Å². The summed E-state index contributed by atoms with van der Waals surface area (Å²) in [5.41, 5.74) is 0.841. The number of hydrogen-bond acceptors (Lipinski definition) is 4. The molecule has 5 nitrogen and oxygen atoms in total. The minimum absolute atomic E-state index is 0.0149. The fourth-order valence-corrected chi connectivity index (χ4v) is 2.62. The van der Waals surface area contributed by atoms with Crippen molar-refractivity contribution in [3.05, 3.63) is 30.3 Å². The summed E-state index contributed by atoms with van der Waals surface area (Å²) in [7, 11) is 1.92. The van der Waals surface area contributed by atoms with Crippen molar-refractivity contribution >= 4 is 17.7 Å². The first-order valence-corrected chi connectivity index (χ1v) is 8.30. The average Bonchev–Trinajstić information content (AvgIpc) is 2.87. The predicted molar refractivity (Wildman–Crippen MR) is 89.7 cm³/mol. The Morgan fingerprint density at radius 1 is 1.27 bits per heavy atom. The summed E-state index contributed by atoms with van der Waals surface area (Å²) in [6, 6.07) is 9.90. The Morgan fingerprint density at radius 3 is 2.59 bits per heavy atom. The molecule has 0 atom stereocenters. The third-order valence-corrected chi connectivity index (χ3v) is 4.58. The van der Waals surface area contributed by atoms with Crippen LogP contribution in [0.2, 0.25) is 0 Å². The molecule has 0 saturated carbocycles. The predicted octanol–water partition coefficient (Wildman–Crippen LogP) is 2.88. The lowest BCUT2D eigenvalue weighted by atomic mass is 10.0. The van der Waals surface area contributed by atoms with E-state index >= 15 is 0 Å². The quantitative estimate of drug-likeness (QED) is 0.832. The number of amides is 1. The molecule has 6 heteroatoms. The molecule has 0 aliphatic heterocycles. The van der Waals surface area contributed by atoms with Crippen LogP contribution in [0.3, 0.4) is 0 Å². The number of aromatic nitrogens is 3. The molecule has 0 saturated heterocycles. The number of nitrogens with zero attached hydrogens (tertiary/aromatic N) is 3. The molecule has 118 valence electrons. The van der Waals surface area contributed by atoms with E-state index in [0.29, 0.717) is 5.75 Å². The lowest BCUT2D eigenvalue weighted by Gasteiger charge is -2.24. The van der Waals surface area contributed by atoms with Gasteiger partial charge in [0.1, 0.15) is 0 Å². The van der Waals surface area contributed by atoms with Gasteiger partial charge in [0.05, 0.1) is 5.75 Å². The van der Waals surface area contributed by atoms with Gasteiger partial charge in [-0.3, -0.25) is 4.79 Å². The minimum Gasteiger partial charge on any atom is -0.351 e. The van der Waals surface area contributed by atoms with Crippen molar-refractivity contribution in [2.45, 2.75) is 37.9 Å². The molecular formula is C16H22N4OS. The van der Waals surface area contributed by atoms with Gasteiger partial charge >= 0.3 is 0 Å². The molecule has 0 unspecified atom stereocenters. The summed E-state index contributed by atoms with van der Waals surface area (Å²) in [6.07, 6.45) is 0.894. The van der Waals surface area contributed by atoms with E-state index in [1.165, 1.54) is 11.8 Å². The molecule has 0 fully saturated rings. The fourth-order valence-electron chi connectivity index (χ4n) is 1.91. The third kappa shape index (κ3) is 4.10. The number of benzene rings is 1. The first-order valence-electron chi connectivity index (χ1n) is 7.31. The number of nitrogens with one attached hydrogen (secondary N) is 1. The number of carbonyl (C=O) groups is 1. The van der Waals surface area contributed by atoms with Gasteiger partial charge in [-0.15, -0.1) is 10.2 Å². The van der Waals surface area contributed by atoms with Crippen LogP contribution in [0, 0.1) is 0 Å². The molecule has 1 N–H and O–H groups in total. The molecule has 1 amide bonds. The Morgan fingerprint density at radius 2 is 1.95 bits per heavy atom. The Hall–Kier alpha value is -1.82. The molecule has 1 aromatic carbocycles. The summed E-state index contributed by atoms with van der Waals surface area (Å²) in [6.45, 7) is 6.10. The monoisotopic (exact) mass is 318 g/mol. The average molecular weight is 318 g/mol. The van der Waals surface area contributed by atoms with Crippen molar-refractivity contribution in [2.24, 2.45) is 7.05 Å². The molecule has 22 heavy (non-hydrogen) atoms. The van der Waals surface area contributed by atoms with E-state index in [2.05, 4.69) is 22.4 Å². The molecule has 2 aromatic rings. The van der Waals surface area contributed by atoms with E-state index in [0.717, 1.165) is 23.0 Å². The van der Waals surface area contributed by atoms with Gasteiger partial charge in [-0.25, -0.2) is 0 Å². The zero-order valence-electron chi connectivity index (χ0n) is 13.5. The van der Waals surface area contributed by atoms with Gasteiger partial charge < -0.3 is 9.88 Å². The molecule has 0 spiro atoms. The Bertz CT molecular complexity index is 637. The number of hydrogen-bond donors (Lipinski definition) is 1. The van der Waals surface area contributed by atoms with Crippen LogP contribution in [0.25, 0.3) is 11.4 Å². The summed E-state index contributed by atoms with van der Waals surface area (Å²) in [5, 5.41) is 12.1. The van der Waals surface area contributed by atoms with Gasteiger partial charge in [0.2, 0.25) is 5.91 Å². The minimum atomic E-state index is -0.174. The van der Waals surface area contributed by atoms with Crippen LogP contribution in [0.1, 0.15) is 27.2 Å². The van der Waals surface area contributed by atoms with Crippen LogP contribution in [0.4, 0.5) is 0 Å². The Kier molecular flexibility index (Phi) is 5.24. The second-order valence-corrected chi connectivity index (χ2v) is 6.75. The van der Waals surface area contributed by atoms with E-state index in [-0.39, 0.29) is 11.4 Å². The van der Waals surface area contributed by atoms with Gasteiger partial charge in [0, 0.05) is 18.2 Å². The lowest BCUT2D eigenvalue weighted by molar-refractivity contribution is -0.120. The molecule has 0 aliphatic rings. The first-order chi connectivity index (χ1) is 10.4. The van der Waals surface area contributed by atoms with E-state index in [1.54, 1.807) is 0 Å². The SMILES string of the molecule is CCC(C)(C)NC(=O)CSc1nnc(-c2ccccc2)n1C. The zero-order valence-corrected chi connectivity index (χ0v) is 14.3. The number of rotatable bonds is 6. The van der Waals surface area contributed by atoms with Crippen molar-refractivity contribution in [3.63, 3.8) is 0 Å². The molecule has 1 heterocycles. The van der Waals surface area contributed by atoms with Gasteiger partial charge in [-0.1, -0.05) is 49.0 Å². The topological polar surface area (TPSA) is 59.8 Å². The molecule has 0 aliphatic carbocycles. The number of thioether (sulfide) groups is 1. The summed E-state index contributed by atoms with van der Waals surface area (Å²) in [4.78, 5) is 12.0. The normalized spacial score (nSPS) is 11.5. The van der Waals surface area contributed by atoms with Crippen LogP contribution in [-0.2, 0) is 11.8 Å². The first kappa shape index (κ1) is 16.5. The summed E-state index contributed by atoms with van der Waals surface area (Å²) < 4.78 is 1.91. The maximum atomic E-state index is 12.0. The van der Waals surface area contributed by atoms with Gasteiger partial charge in [-0.05, 0) is 20.3 Å². The van der Waals surface area contributed by atoms with E-state index in [9.17, 15) is 4.79 Å². The smallest absolute Gasteiger partial charge is 0.230 e. The standard InChI is InChI=1S/C16H22N4OS/c1-5-16(2,3)17-13(21)11-22-15-19-18-14(20(15)4)12-9-7-6-8-10-12/h6-10H,5,11H2,1-4H3,(H,17,21). The highest BCUT2D eigenvalue weighted by molar-refractivity contribution is 7.99. The molecule has 0 radical (unpaired) electrons. The van der Waals surface area contributed by atoms with Crippen molar-refractivity contribution in [1.82, 2.24) is 20.1 Å². The van der Waals surface area contributed by atoms with Gasteiger partial charge in [0.15, 0.2) is 11.0 Å². The largest absolute Gasteiger partial charge is 0.351 e. The third-order valence-electron chi connectivity index (χ3n) is 3.56. The van der Waals surface area contributed by atoms with Gasteiger partial charge in [0.25, 0.3) is 0 Å². The number of carbonyl (C=O) groups excluding carboxylic acids is 1. The maximum absolute atomic E-state index is 12.0. The van der Waals surface area contributed by atoms with Crippen molar-refractivity contribution in [2.75, 3.05) is 5.75 Å². The Labute approximate surface area is 135 Å². The van der Waals surface area contributed by atoms with Crippen LogP contribution in [0.5, 0.6) is 0 Å². The van der Waals surface area contributed by atoms with Crippen LogP contribution >= 0.6 is 11.8 Å². The van der Waals surface area contributed by atoms with Crippen molar-refractivity contribution in [1.29, 1.82) is 0 Å². The fraction of sp³-hybridized carbons (Fsp3) is 0.438. The summed E-state index contributed by atoms with van der Waals surface area (Å²) in [5.74, 6) is 1.16. The van der Waals surface area contributed by atoms with E-state index in [1.807, 2.05) is 55.8 Å². The van der Waals surface area contributed by atoms with E-state index < -0.39 is 0 Å². The highest BCUT2D eigenvalue weighted by atomic mass is 32.2. The second-order valence-electron chi connectivity index (χ2n) is 5.81. The molecule has 0 bridgehead atoms. The molecular weight excluding hydrogens is 296 g/mol. The highest BCUT2D eigenvalue weighted by Crippen LogP contribution is 2.22. The lowest BCUT2D eigenvalue weighted by Crippen LogP contribution is -2.43. The second kappa shape index (κ2) is 6.96.